The van der Waals surface area contributed by atoms with Gasteiger partial charge in [0.1, 0.15) is 29.9 Å². The molecule has 0 atom stereocenters. The third-order valence-corrected chi connectivity index (χ3v) is 5.46. The minimum atomic E-state index is -0.782. The monoisotopic (exact) mass is 459 g/mol. The molecule has 0 spiro atoms. The van der Waals surface area contributed by atoms with Gasteiger partial charge in [0.2, 0.25) is 5.89 Å². The molecule has 9 nitrogen and oxygen atoms in total. The second kappa shape index (κ2) is 8.78. The van der Waals surface area contributed by atoms with E-state index in [2.05, 4.69) is 9.97 Å². The van der Waals surface area contributed by atoms with Crippen molar-refractivity contribution in [3.63, 3.8) is 0 Å². The summed E-state index contributed by atoms with van der Waals surface area (Å²) in [6.45, 7) is 4.12. The molecule has 0 aliphatic heterocycles. The number of nitrogens with zero attached hydrogens (tertiary/aromatic N) is 2. The van der Waals surface area contributed by atoms with Gasteiger partial charge in [0.05, 0.1) is 11.9 Å². The van der Waals surface area contributed by atoms with Gasteiger partial charge in [-0.05, 0) is 49.2 Å². The van der Waals surface area contributed by atoms with Crippen LogP contribution in [0, 0.1) is 6.92 Å². The van der Waals surface area contributed by atoms with Gasteiger partial charge in [-0.15, -0.1) is 4.74 Å². The van der Waals surface area contributed by atoms with Crippen molar-refractivity contribution in [2.45, 2.75) is 27.0 Å². The summed E-state index contributed by atoms with van der Waals surface area (Å²) in [7, 11) is 0. The van der Waals surface area contributed by atoms with E-state index >= 15 is 0 Å². The van der Waals surface area contributed by atoms with E-state index in [0.717, 1.165) is 26.8 Å². The summed E-state index contributed by atoms with van der Waals surface area (Å²) >= 11 is 0. The molecule has 0 radical (unpaired) electrons. The number of nitrogens with one attached hydrogen (secondary N) is 1. The Bertz CT molecular complexity index is 1600. The number of aromatic amines is 1. The Hall–Kier alpha value is -4.53. The summed E-state index contributed by atoms with van der Waals surface area (Å²) in [5, 5.41) is 0.806. The van der Waals surface area contributed by atoms with Crippen LogP contribution in [0.1, 0.15) is 23.9 Å². The first kappa shape index (κ1) is 21.3. The Balaban J connectivity index is 1.35. The predicted molar refractivity (Wildman–Crippen MR) is 124 cm³/mol. The van der Waals surface area contributed by atoms with Crippen LogP contribution in [0.5, 0.6) is 5.75 Å². The van der Waals surface area contributed by atoms with Gasteiger partial charge in [0.25, 0.3) is 0 Å². The summed E-state index contributed by atoms with van der Waals surface area (Å²) in [5.41, 5.74) is 3.51. The largest absolute Gasteiger partial charge is 0.483 e. The van der Waals surface area contributed by atoms with Gasteiger partial charge in [-0.25, -0.2) is 19.6 Å². The van der Waals surface area contributed by atoms with Crippen molar-refractivity contribution in [2.75, 3.05) is 0 Å². The van der Waals surface area contributed by atoms with E-state index in [1.807, 2.05) is 62.4 Å². The molecule has 172 valence electrons. The van der Waals surface area contributed by atoms with Gasteiger partial charge < -0.3 is 18.1 Å². The minimum absolute atomic E-state index is 0.130. The van der Waals surface area contributed by atoms with Crippen molar-refractivity contribution in [1.29, 1.82) is 0 Å². The van der Waals surface area contributed by atoms with Crippen LogP contribution in [0.15, 0.2) is 83.8 Å². The van der Waals surface area contributed by atoms with Crippen LogP contribution < -0.4 is 16.2 Å². The van der Waals surface area contributed by atoms with Crippen molar-refractivity contribution >= 4 is 16.5 Å². The number of hydrogen-bond donors (Lipinski definition) is 1. The van der Waals surface area contributed by atoms with Gasteiger partial charge in [0, 0.05) is 5.56 Å². The highest BCUT2D eigenvalue weighted by Crippen LogP contribution is 2.32. The highest BCUT2D eigenvalue weighted by molar-refractivity contribution is 5.87. The molecule has 9 heteroatoms. The van der Waals surface area contributed by atoms with E-state index in [0.29, 0.717) is 28.7 Å². The van der Waals surface area contributed by atoms with E-state index in [4.69, 9.17) is 18.1 Å². The van der Waals surface area contributed by atoms with Crippen LogP contribution in [0.2, 0.25) is 0 Å². The molecule has 0 saturated carbocycles. The number of benzene rings is 2. The number of hydrogen-bond acceptors (Lipinski definition) is 7. The van der Waals surface area contributed by atoms with Gasteiger partial charge in [0.15, 0.2) is 5.75 Å². The lowest BCUT2D eigenvalue weighted by molar-refractivity contribution is 0.261. The maximum atomic E-state index is 11.6. The van der Waals surface area contributed by atoms with Crippen LogP contribution in [0.4, 0.5) is 0 Å². The number of oxazole rings is 1. The van der Waals surface area contributed by atoms with Crippen molar-refractivity contribution < 1.29 is 18.1 Å². The summed E-state index contributed by atoms with van der Waals surface area (Å²) < 4.78 is 23.2. The molecule has 0 fully saturated rings. The highest BCUT2D eigenvalue weighted by Gasteiger charge is 2.14. The molecule has 0 bridgehead atoms. The molecule has 3 heterocycles. The van der Waals surface area contributed by atoms with Crippen LogP contribution in [0.3, 0.4) is 0 Å². The molecule has 0 saturated heterocycles. The standard InChI is InChI=1S/C25H21N3O6/c1-15(10-11-28-24(29)27-25(30)34-28)18-8-9-21-19(12-18)22(14-32-21)31-13-20-16(2)33-23(26-20)17-6-4-3-5-7-17/h3-10,12,14H,11,13H2,1-2H3,(H,27,29,30)/b15-10-. The molecule has 0 amide bonds. The van der Waals surface area contributed by atoms with E-state index in [1.54, 1.807) is 12.3 Å². The molecule has 5 aromatic rings. The average molecular weight is 459 g/mol. The molecular formula is C25H21N3O6. The number of rotatable bonds is 7. The quantitative estimate of drug-likeness (QED) is 0.380. The number of furan rings is 1. The normalized spacial score (nSPS) is 11.9. The zero-order chi connectivity index (χ0) is 23.7. The zero-order valence-corrected chi connectivity index (χ0v) is 18.5. The SMILES string of the molecule is C/C(=C/Cn1oc(=O)[nH]c1=O)c1ccc2occ(OCc3nc(-c4ccccc4)oc3C)c2c1. The molecular weight excluding hydrogens is 438 g/mol. The van der Waals surface area contributed by atoms with E-state index in [9.17, 15) is 9.59 Å². The van der Waals surface area contributed by atoms with Gasteiger partial charge in [-0.2, -0.15) is 0 Å². The van der Waals surface area contributed by atoms with Gasteiger partial charge in [-0.3, -0.25) is 0 Å². The minimum Gasteiger partial charge on any atom is -0.483 e. The first-order valence-corrected chi connectivity index (χ1v) is 10.6. The van der Waals surface area contributed by atoms with Crippen molar-refractivity contribution in [3.05, 3.63) is 98.9 Å². The topological polar surface area (TPSA) is 116 Å². The lowest BCUT2D eigenvalue weighted by atomic mass is 10.1. The third kappa shape index (κ3) is 4.23. The fourth-order valence-corrected chi connectivity index (χ4v) is 3.55. The summed E-state index contributed by atoms with van der Waals surface area (Å²) in [6.07, 6.45) is 3.36. The van der Waals surface area contributed by atoms with Crippen LogP contribution in [-0.2, 0) is 13.2 Å². The molecule has 34 heavy (non-hydrogen) atoms. The van der Waals surface area contributed by atoms with E-state index in [-0.39, 0.29) is 13.2 Å². The Labute approximate surface area is 192 Å². The van der Waals surface area contributed by atoms with E-state index < -0.39 is 11.4 Å². The second-order valence-electron chi connectivity index (χ2n) is 7.74. The number of fused-ring (bicyclic) bond motifs is 1. The third-order valence-electron chi connectivity index (χ3n) is 5.46. The van der Waals surface area contributed by atoms with Crippen LogP contribution in [0.25, 0.3) is 28.0 Å². The first-order chi connectivity index (χ1) is 16.5. The Kier molecular flexibility index (Phi) is 5.51. The first-order valence-electron chi connectivity index (χ1n) is 10.6. The molecule has 0 aliphatic rings. The molecule has 3 aromatic heterocycles. The van der Waals surface area contributed by atoms with Crippen molar-refractivity contribution in [3.8, 4) is 17.2 Å². The fraction of sp³-hybridized carbons (Fsp3) is 0.160. The number of aromatic nitrogens is 3. The van der Waals surface area contributed by atoms with Gasteiger partial charge >= 0.3 is 11.4 Å². The van der Waals surface area contributed by atoms with Crippen LogP contribution in [-0.4, -0.2) is 14.7 Å². The van der Waals surface area contributed by atoms with Crippen molar-refractivity contribution in [1.82, 2.24) is 14.7 Å². The molecule has 1 N–H and O–H groups in total. The Morgan fingerprint density at radius 1 is 1.18 bits per heavy atom. The summed E-state index contributed by atoms with van der Waals surface area (Å²) in [5.74, 6) is 1.05. The van der Waals surface area contributed by atoms with Crippen LogP contribution >= 0.6 is 0 Å². The predicted octanol–water partition coefficient (Wildman–Crippen LogP) is 4.52. The maximum Gasteiger partial charge on any atom is 0.440 e. The average Bonchev–Trinajstić information content (AvgIpc) is 3.52. The molecule has 2 aromatic carbocycles. The summed E-state index contributed by atoms with van der Waals surface area (Å²) in [6, 6.07) is 15.4. The Morgan fingerprint density at radius 2 is 2.00 bits per heavy atom. The molecule has 0 unspecified atom stereocenters. The summed E-state index contributed by atoms with van der Waals surface area (Å²) in [4.78, 5) is 29.4. The number of allylic oxidation sites excluding steroid dienone is 2. The number of ether oxygens (including phenoxy) is 1. The highest BCUT2D eigenvalue weighted by atomic mass is 16.5. The lowest BCUT2D eigenvalue weighted by Crippen LogP contribution is -2.15. The lowest BCUT2D eigenvalue weighted by Gasteiger charge is -2.05. The van der Waals surface area contributed by atoms with Crippen molar-refractivity contribution in [2.24, 2.45) is 0 Å². The fourth-order valence-electron chi connectivity index (χ4n) is 3.55. The maximum absolute atomic E-state index is 11.6. The Morgan fingerprint density at radius 3 is 2.76 bits per heavy atom. The number of aryl methyl sites for hydroxylation is 1. The van der Waals surface area contributed by atoms with E-state index in [1.165, 1.54) is 0 Å². The molecule has 0 aliphatic carbocycles. The van der Waals surface area contributed by atoms with Gasteiger partial charge in [-0.1, -0.05) is 30.3 Å². The number of H-pyrrole nitrogens is 1. The smallest absolute Gasteiger partial charge is 0.440 e. The second-order valence-corrected chi connectivity index (χ2v) is 7.74. The molecule has 5 rings (SSSR count). The zero-order valence-electron chi connectivity index (χ0n) is 18.5.